The van der Waals surface area contributed by atoms with E-state index in [0.717, 1.165) is 4.47 Å². The SMILES string of the molecule is CC(C)[C@H](NC(=O)Nc1cncc(Br)c1)C(=O)O. The zero-order valence-corrected chi connectivity index (χ0v) is 11.6. The molecule has 0 fully saturated rings. The van der Waals surface area contributed by atoms with E-state index in [2.05, 4.69) is 31.5 Å². The van der Waals surface area contributed by atoms with Gasteiger partial charge in [0.25, 0.3) is 0 Å². The van der Waals surface area contributed by atoms with Crippen LogP contribution in [0.1, 0.15) is 13.8 Å². The molecular formula is C11H14BrN3O3. The maximum Gasteiger partial charge on any atom is 0.326 e. The summed E-state index contributed by atoms with van der Waals surface area (Å²) >= 11 is 3.22. The third kappa shape index (κ3) is 4.33. The fourth-order valence-corrected chi connectivity index (χ4v) is 1.67. The number of carbonyl (C=O) groups is 2. The summed E-state index contributed by atoms with van der Waals surface area (Å²) in [7, 11) is 0. The summed E-state index contributed by atoms with van der Waals surface area (Å²) in [5.41, 5.74) is 0.481. The van der Waals surface area contributed by atoms with E-state index in [4.69, 9.17) is 5.11 Å². The molecule has 2 amide bonds. The molecule has 0 spiro atoms. The molecular weight excluding hydrogens is 302 g/mol. The maximum absolute atomic E-state index is 11.6. The average molecular weight is 316 g/mol. The average Bonchev–Trinajstić information content (AvgIpc) is 2.25. The van der Waals surface area contributed by atoms with Crippen molar-refractivity contribution in [2.45, 2.75) is 19.9 Å². The molecule has 0 aromatic carbocycles. The fraction of sp³-hybridized carbons (Fsp3) is 0.364. The van der Waals surface area contributed by atoms with Gasteiger partial charge in [-0.15, -0.1) is 0 Å². The van der Waals surface area contributed by atoms with Gasteiger partial charge < -0.3 is 15.7 Å². The van der Waals surface area contributed by atoms with E-state index in [1.807, 2.05) is 0 Å². The molecule has 0 aliphatic heterocycles. The van der Waals surface area contributed by atoms with E-state index in [9.17, 15) is 9.59 Å². The minimum atomic E-state index is -1.06. The summed E-state index contributed by atoms with van der Waals surface area (Å²) in [5.74, 6) is -1.26. The second-order valence-electron chi connectivity index (χ2n) is 4.05. The van der Waals surface area contributed by atoms with Crippen LogP contribution in [0.5, 0.6) is 0 Å². The molecule has 0 radical (unpaired) electrons. The largest absolute Gasteiger partial charge is 0.480 e. The Hall–Kier alpha value is -1.63. The van der Waals surface area contributed by atoms with Gasteiger partial charge >= 0.3 is 12.0 Å². The van der Waals surface area contributed by atoms with Crippen molar-refractivity contribution in [3.63, 3.8) is 0 Å². The van der Waals surface area contributed by atoms with Crippen LogP contribution in [-0.2, 0) is 4.79 Å². The van der Waals surface area contributed by atoms with Gasteiger partial charge in [-0.3, -0.25) is 4.98 Å². The number of nitrogens with one attached hydrogen (secondary N) is 2. The number of carboxylic acid groups (broad SMARTS) is 1. The number of carbonyl (C=O) groups excluding carboxylic acids is 1. The molecule has 1 rings (SSSR count). The Morgan fingerprint density at radius 2 is 2.06 bits per heavy atom. The molecule has 0 saturated heterocycles. The third-order valence-corrected chi connectivity index (χ3v) is 2.62. The Morgan fingerprint density at radius 3 is 2.56 bits per heavy atom. The Balaban J connectivity index is 2.63. The number of amides is 2. The highest BCUT2D eigenvalue weighted by Gasteiger charge is 2.23. The molecule has 1 aromatic heterocycles. The number of halogens is 1. The second kappa shape index (κ2) is 6.34. The number of nitrogens with zero attached hydrogens (tertiary/aromatic N) is 1. The van der Waals surface area contributed by atoms with Gasteiger partial charge in [-0.25, -0.2) is 9.59 Å². The second-order valence-corrected chi connectivity index (χ2v) is 4.97. The van der Waals surface area contributed by atoms with Crippen molar-refractivity contribution in [3.05, 3.63) is 22.9 Å². The van der Waals surface area contributed by atoms with Gasteiger partial charge in [0.2, 0.25) is 0 Å². The summed E-state index contributed by atoms with van der Waals surface area (Å²) in [4.78, 5) is 26.4. The van der Waals surface area contributed by atoms with Crippen LogP contribution in [0.25, 0.3) is 0 Å². The first-order chi connectivity index (χ1) is 8.40. The van der Waals surface area contributed by atoms with E-state index in [0.29, 0.717) is 5.69 Å². The number of hydrogen-bond acceptors (Lipinski definition) is 3. The van der Waals surface area contributed by atoms with Gasteiger partial charge in [0.05, 0.1) is 11.9 Å². The van der Waals surface area contributed by atoms with Crippen molar-refractivity contribution in [3.8, 4) is 0 Å². The first-order valence-electron chi connectivity index (χ1n) is 5.31. The Labute approximate surface area is 113 Å². The van der Waals surface area contributed by atoms with Crippen LogP contribution >= 0.6 is 15.9 Å². The zero-order valence-electron chi connectivity index (χ0n) is 9.98. The number of rotatable bonds is 4. The quantitative estimate of drug-likeness (QED) is 0.793. The van der Waals surface area contributed by atoms with E-state index in [-0.39, 0.29) is 5.92 Å². The molecule has 0 aliphatic carbocycles. The lowest BCUT2D eigenvalue weighted by atomic mass is 10.1. The summed E-state index contributed by atoms with van der Waals surface area (Å²) in [6, 6.07) is 0.165. The minimum absolute atomic E-state index is 0.200. The zero-order chi connectivity index (χ0) is 13.7. The van der Waals surface area contributed by atoms with Crippen molar-refractivity contribution in [1.29, 1.82) is 0 Å². The number of anilines is 1. The minimum Gasteiger partial charge on any atom is -0.480 e. The van der Waals surface area contributed by atoms with E-state index in [1.54, 1.807) is 26.1 Å². The molecule has 18 heavy (non-hydrogen) atoms. The van der Waals surface area contributed by atoms with Crippen LogP contribution in [0.2, 0.25) is 0 Å². The van der Waals surface area contributed by atoms with Crippen molar-refractivity contribution in [2.75, 3.05) is 5.32 Å². The van der Waals surface area contributed by atoms with Crippen LogP contribution in [0.3, 0.4) is 0 Å². The topological polar surface area (TPSA) is 91.3 Å². The van der Waals surface area contributed by atoms with Gasteiger partial charge in [-0.2, -0.15) is 0 Å². The molecule has 0 bridgehead atoms. The molecule has 7 heteroatoms. The van der Waals surface area contributed by atoms with E-state index < -0.39 is 18.0 Å². The molecule has 0 saturated carbocycles. The number of aromatic nitrogens is 1. The summed E-state index contributed by atoms with van der Waals surface area (Å²) in [6.07, 6.45) is 3.05. The van der Waals surface area contributed by atoms with E-state index >= 15 is 0 Å². The number of aliphatic carboxylic acids is 1. The third-order valence-electron chi connectivity index (χ3n) is 2.18. The lowest BCUT2D eigenvalue weighted by molar-refractivity contribution is -0.140. The predicted octanol–water partition coefficient (Wildman–Crippen LogP) is 2.07. The molecule has 1 aromatic rings. The molecule has 1 atom stereocenters. The van der Waals surface area contributed by atoms with E-state index in [1.165, 1.54) is 6.20 Å². The van der Waals surface area contributed by atoms with Crippen molar-refractivity contribution < 1.29 is 14.7 Å². The number of hydrogen-bond donors (Lipinski definition) is 3. The Kier molecular flexibility index (Phi) is 5.08. The summed E-state index contributed by atoms with van der Waals surface area (Å²) in [5, 5.41) is 13.8. The van der Waals surface area contributed by atoms with Crippen LogP contribution in [0.15, 0.2) is 22.9 Å². The van der Waals surface area contributed by atoms with Crippen LogP contribution in [0, 0.1) is 5.92 Å². The maximum atomic E-state index is 11.6. The van der Waals surface area contributed by atoms with Crippen molar-refractivity contribution in [1.82, 2.24) is 10.3 Å². The van der Waals surface area contributed by atoms with Crippen molar-refractivity contribution in [2.24, 2.45) is 5.92 Å². The first-order valence-corrected chi connectivity index (χ1v) is 6.10. The predicted molar refractivity (Wildman–Crippen MR) is 70.4 cm³/mol. The standard InChI is InChI=1S/C11H14BrN3O3/c1-6(2)9(10(16)17)15-11(18)14-8-3-7(12)4-13-5-8/h3-6,9H,1-2H3,(H,16,17)(H2,14,15,18)/t9-/m0/s1. The molecule has 0 aliphatic rings. The number of pyridine rings is 1. The first kappa shape index (κ1) is 14.4. The molecule has 98 valence electrons. The lowest BCUT2D eigenvalue weighted by Crippen LogP contribution is -2.46. The fourth-order valence-electron chi connectivity index (χ4n) is 1.30. The summed E-state index contributed by atoms with van der Waals surface area (Å²) in [6.45, 7) is 3.44. The highest BCUT2D eigenvalue weighted by atomic mass is 79.9. The van der Waals surface area contributed by atoms with Gasteiger partial charge in [0.1, 0.15) is 6.04 Å². The van der Waals surface area contributed by atoms with Gasteiger partial charge in [0.15, 0.2) is 0 Å². The Bertz CT molecular complexity index is 451. The van der Waals surface area contributed by atoms with Crippen LogP contribution in [-0.4, -0.2) is 28.1 Å². The van der Waals surface area contributed by atoms with Crippen LogP contribution < -0.4 is 10.6 Å². The Morgan fingerprint density at radius 1 is 1.39 bits per heavy atom. The van der Waals surface area contributed by atoms with Gasteiger partial charge in [-0.1, -0.05) is 13.8 Å². The molecule has 6 nitrogen and oxygen atoms in total. The monoisotopic (exact) mass is 315 g/mol. The smallest absolute Gasteiger partial charge is 0.326 e. The molecule has 1 heterocycles. The number of urea groups is 1. The summed E-state index contributed by atoms with van der Waals surface area (Å²) < 4.78 is 0.721. The number of carboxylic acids is 1. The van der Waals surface area contributed by atoms with Crippen molar-refractivity contribution >= 4 is 33.6 Å². The molecule has 3 N–H and O–H groups in total. The normalized spacial score (nSPS) is 12.0. The van der Waals surface area contributed by atoms with Gasteiger partial charge in [-0.05, 0) is 27.9 Å². The van der Waals surface area contributed by atoms with Crippen LogP contribution in [0.4, 0.5) is 10.5 Å². The highest BCUT2D eigenvalue weighted by molar-refractivity contribution is 9.10. The highest BCUT2D eigenvalue weighted by Crippen LogP contribution is 2.13. The lowest BCUT2D eigenvalue weighted by Gasteiger charge is -2.18. The van der Waals surface area contributed by atoms with Gasteiger partial charge in [0, 0.05) is 10.7 Å². The molecule has 0 unspecified atom stereocenters.